The Morgan fingerprint density at radius 1 is 1.54 bits per heavy atom. The van der Waals surface area contributed by atoms with Gasteiger partial charge in [0.2, 0.25) is 0 Å². The average molecular weight is 202 g/mol. The summed E-state index contributed by atoms with van der Waals surface area (Å²) in [4.78, 5) is 4.24. The van der Waals surface area contributed by atoms with Gasteiger partial charge >= 0.3 is 0 Å². The maximum Gasteiger partial charge on any atom is 0.128 e. The summed E-state index contributed by atoms with van der Waals surface area (Å²) < 4.78 is 1.97. The summed E-state index contributed by atoms with van der Waals surface area (Å²) in [5, 5.41) is 0.668. The number of hydrogen-bond acceptors (Lipinski definition) is 2. The van der Waals surface area contributed by atoms with Crippen molar-refractivity contribution in [1.82, 2.24) is 9.55 Å². The Morgan fingerprint density at radius 3 is 2.62 bits per heavy atom. The van der Waals surface area contributed by atoms with Gasteiger partial charge in [-0.1, -0.05) is 25.4 Å². The highest BCUT2D eigenvalue weighted by atomic mass is 35.5. The second kappa shape index (κ2) is 4.11. The van der Waals surface area contributed by atoms with Gasteiger partial charge in [0.1, 0.15) is 11.0 Å². The summed E-state index contributed by atoms with van der Waals surface area (Å²) in [7, 11) is 0. The predicted molar refractivity (Wildman–Crippen MR) is 55.0 cm³/mol. The van der Waals surface area contributed by atoms with Crippen molar-refractivity contribution in [2.45, 2.75) is 39.3 Å². The maximum atomic E-state index is 5.98. The zero-order chi connectivity index (χ0) is 10.0. The Bertz CT molecular complexity index is 278. The molecule has 0 radical (unpaired) electrons. The van der Waals surface area contributed by atoms with Crippen molar-refractivity contribution < 1.29 is 0 Å². The summed E-state index contributed by atoms with van der Waals surface area (Å²) >= 11 is 5.98. The molecule has 0 aliphatic rings. The lowest BCUT2D eigenvalue weighted by atomic mass is 10.2. The molecule has 4 heteroatoms. The van der Waals surface area contributed by atoms with E-state index in [1.165, 1.54) is 0 Å². The lowest BCUT2D eigenvalue weighted by molar-refractivity contribution is 0.552. The highest BCUT2D eigenvalue weighted by Crippen LogP contribution is 2.18. The molecule has 0 amide bonds. The lowest BCUT2D eigenvalue weighted by Crippen LogP contribution is -2.23. The Labute approximate surface area is 83.9 Å². The molecule has 0 aliphatic heterocycles. The van der Waals surface area contributed by atoms with E-state index in [0.717, 1.165) is 12.4 Å². The van der Waals surface area contributed by atoms with E-state index in [4.69, 9.17) is 17.3 Å². The van der Waals surface area contributed by atoms with Crippen molar-refractivity contribution in [1.29, 1.82) is 0 Å². The van der Waals surface area contributed by atoms with Crippen LogP contribution < -0.4 is 5.73 Å². The molecule has 1 heterocycles. The second-order valence-electron chi connectivity index (χ2n) is 3.68. The maximum absolute atomic E-state index is 5.98. The largest absolute Gasteiger partial charge is 0.326 e. The van der Waals surface area contributed by atoms with Gasteiger partial charge in [0, 0.05) is 18.5 Å². The summed E-state index contributed by atoms with van der Waals surface area (Å²) in [5.41, 5.74) is 5.71. The molecule has 3 nitrogen and oxygen atoms in total. The first-order chi connectivity index (χ1) is 6.02. The second-order valence-corrected chi connectivity index (χ2v) is 4.07. The third-order valence-corrected chi connectivity index (χ3v) is 2.13. The fourth-order valence-corrected chi connectivity index (χ4v) is 1.50. The number of imidazole rings is 1. The molecule has 1 unspecified atom stereocenters. The van der Waals surface area contributed by atoms with Gasteiger partial charge in [-0.25, -0.2) is 4.98 Å². The van der Waals surface area contributed by atoms with Crippen LogP contribution >= 0.6 is 11.6 Å². The minimum Gasteiger partial charge on any atom is -0.326 e. The fourth-order valence-electron chi connectivity index (χ4n) is 1.30. The third-order valence-electron chi connectivity index (χ3n) is 1.82. The van der Waals surface area contributed by atoms with Crippen LogP contribution in [-0.4, -0.2) is 15.6 Å². The van der Waals surface area contributed by atoms with Crippen molar-refractivity contribution in [3.8, 4) is 0 Å². The Balaban J connectivity index is 2.94. The van der Waals surface area contributed by atoms with Gasteiger partial charge in [0.15, 0.2) is 0 Å². The van der Waals surface area contributed by atoms with E-state index in [0.29, 0.717) is 11.1 Å². The van der Waals surface area contributed by atoms with E-state index < -0.39 is 0 Å². The van der Waals surface area contributed by atoms with Gasteiger partial charge in [-0.2, -0.15) is 0 Å². The standard InChI is InChI=1S/C9H16ClN3/c1-6(2)9-12-4-8(10)13(9)5-7(3)11/h4,6-7H,5,11H2,1-3H3. The van der Waals surface area contributed by atoms with Gasteiger partial charge < -0.3 is 10.3 Å². The number of nitrogens with zero attached hydrogens (tertiary/aromatic N) is 2. The fraction of sp³-hybridized carbons (Fsp3) is 0.667. The minimum atomic E-state index is 0.101. The molecule has 1 aromatic rings. The molecule has 0 aliphatic carbocycles. The van der Waals surface area contributed by atoms with Crippen LogP contribution in [0.2, 0.25) is 5.15 Å². The highest BCUT2D eigenvalue weighted by Gasteiger charge is 2.12. The van der Waals surface area contributed by atoms with Crippen molar-refractivity contribution in [2.24, 2.45) is 5.73 Å². The van der Waals surface area contributed by atoms with Crippen LogP contribution in [0.25, 0.3) is 0 Å². The highest BCUT2D eigenvalue weighted by molar-refractivity contribution is 6.29. The topological polar surface area (TPSA) is 43.8 Å². The van der Waals surface area contributed by atoms with Crippen LogP contribution in [0.15, 0.2) is 6.20 Å². The van der Waals surface area contributed by atoms with Crippen molar-refractivity contribution in [3.05, 3.63) is 17.2 Å². The van der Waals surface area contributed by atoms with E-state index in [1.807, 2.05) is 11.5 Å². The van der Waals surface area contributed by atoms with Crippen LogP contribution in [0.3, 0.4) is 0 Å². The molecule has 0 fully saturated rings. The monoisotopic (exact) mass is 201 g/mol. The molecular weight excluding hydrogens is 186 g/mol. The van der Waals surface area contributed by atoms with Crippen LogP contribution in [0.4, 0.5) is 0 Å². The number of hydrogen-bond donors (Lipinski definition) is 1. The van der Waals surface area contributed by atoms with Crippen molar-refractivity contribution in [3.63, 3.8) is 0 Å². The quantitative estimate of drug-likeness (QED) is 0.813. The van der Waals surface area contributed by atoms with Crippen molar-refractivity contribution in [2.75, 3.05) is 0 Å². The summed E-state index contributed by atoms with van der Waals surface area (Å²) in [6, 6.07) is 0.101. The zero-order valence-electron chi connectivity index (χ0n) is 8.29. The Morgan fingerprint density at radius 2 is 2.15 bits per heavy atom. The Hall–Kier alpha value is -0.540. The van der Waals surface area contributed by atoms with Crippen LogP contribution in [0.1, 0.15) is 32.5 Å². The van der Waals surface area contributed by atoms with Crippen LogP contribution in [0.5, 0.6) is 0 Å². The van der Waals surface area contributed by atoms with Crippen LogP contribution in [0, 0.1) is 0 Å². The smallest absolute Gasteiger partial charge is 0.128 e. The van der Waals surface area contributed by atoms with E-state index in [-0.39, 0.29) is 6.04 Å². The van der Waals surface area contributed by atoms with E-state index in [1.54, 1.807) is 6.20 Å². The summed E-state index contributed by atoms with van der Waals surface area (Å²) in [5.74, 6) is 1.38. The van der Waals surface area contributed by atoms with Gasteiger partial charge in [-0.3, -0.25) is 0 Å². The van der Waals surface area contributed by atoms with E-state index in [2.05, 4.69) is 18.8 Å². The third kappa shape index (κ3) is 2.45. The first-order valence-electron chi connectivity index (χ1n) is 4.49. The van der Waals surface area contributed by atoms with E-state index >= 15 is 0 Å². The Kier molecular flexibility index (Phi) is 3.33. The first kappa shape index (κ1) is 10.5. The molecule has 0 spiro atoms. The predicted octanol–water partition coefficient (Wildman–Crippen LogP) is 2.01. The van der Waals surface area contributed by atoms with Gasteiger partial charge in [-0.15, -0.1) is 0 Å². The molecule has 13 heavy (non-hydrogen) atoms. The molecule has 0 saturated heterocycles. The number of halogens is 1. The number of rotatable bonds is 3. The van der Waals surface area contributed by atoms with Crippen molar-refractivity contribution >= 4 is 11.6 Å². The molecule has 74 valence electrons. The molecule has 1 rings (SSSR count). The number of nitrogens with two attached hydrogens (primary N) is 1. The molecule has 0 saturated carbocycles. The molecule has 0 bridgehead atoms. The molecule has 0 aromatic carbocycles. The molecule has 2 N–H and O–H groups in total. The molecule has 1 aromatic heterocycles. The van der Waals surface area contributed by atoms with Gasteiger partial charge in [0.05, 0.1) is 6.20 Å². The molecular formula is C9H16ClN3. The summed E-state index contributed by atoms with van der Waals surface area (Å²) in [6.45, 7) is 6.87. The SMILES string of the molecule is CC(N)Cn1c(Cl)cnc1C(C)C. The molecule has 1 atom stereocenters. The lowest BCUT2D eigenvalue weighted by Gasteiger charge is -2.13. The van der Waals surface area contributed by atoms with E-state index in [9.17, 15) is 0 Å². The normalized spacial score (nSPS) is 13.7. The summed E-state index contributed by atoms with van der Waals surface area (Å²) in [6.07, 6.45) is 1.68. The van der Waals surface area contributed by atoms with Gasteiger partial charge in [0.25, 0.3) is 0 Å². The zero-order valence-corrected chi connectivity index (χ0v) is 9.04. The minimum absolute atomic E-state index is 0.101. The first-order valence-corrected chi connectivity index (χ1v) is 4.86. The van der Waals surface area contributed by atoms with Gasteiger partial charge in [-0.05, 0) is 6.92 Å². The average Bonchev–Trinajstić information content (AvgIpc) is 2.32. The van der Waals surface area contributed by atoms with Crippen LogP contribution in [-0.2, 0) is 6.54 Å². The number of aromatic nitrogens is 2.